The van der Waals surface area contributed by atoms with Gasteiger partial charge in [0.05, 0.1) is 19.5 Å². The van der Waals surface area contributed by atoms with Gasteiger partial charge in [-0.1, -0.05) is 40.2 Å². The summed E-state index contributed by atoms with van der Waals surface area (Å²) in [6, 6.07) is 22.1. The first-order valence-corrected chi connectivity index (χ1v) is 16.3. The molecule has 6 aromatic rings. The number of ether oxygens (including phenoxy) is 3. The summed E-state index contributed by atoms with van der Waals surface area (Å²) >= 11 is 3.50. The lowest BCUT2D eigenvalue weighted by Gasteiger charge is -2.17. The number of carbonyl (C=O) groups is 1. The number of nitrogens with zero attached hydrogens (tertiary/aromatic N) is 4. The van der Waals surface area contributed by atoms with Crippen molar-refractivity contribution in [1.29, 1.82) is 0 Å². The van der Waals surface area contributed by atoms with Gasteiger partial charge in [-0.3, -0.25) is 9.36 Å². The highest BCUT2D eigenvalue weighted by atomic mass is 79.9. The van der Waals surface area contributed by atoms with Gasteiger partial charge in [0, 0.05) is 39.4 Å². The number of hydrogen-bond donors (Lipinski definition) is 6. The fraction of sp³-hybridized carbons (Fsp3) is 0.235. The molecule has 0 radical (unpaired) electrons. The van der Waals surface area contributed by atoms with Crippen molar-refractivity contribution in [2.75, 3.05) is 30.5 Å². The van der Waals surface area contributed by atoms with E-state index in [9.17, 15) is 20.1 Å². The van der Waals surface area contributed by atoms with Gasteiger partial charge < -0.3 is 45.1 Å². The molecule has 4 heterocycles. The van der Waals surface area contributed by atoms with Gasteiger partial charge in [0.2, 0.25) is 0 Å². The second kappa shape index (κ2) is 14.2. The first kappa shape index (κ1) is 32.5. The van der Waals surface area contributed by atoms with Crippen LogP contribution in [0.5, 0.6) is 11.8 Å². The molecule has 1 saturated heterocycles. The van der Waals surface area contributed by atoms with Crippen molar-refractivity contribution in [2.24, 2.45) is 0 Å². The predicted molar refractivity (Wildman–Crippen MR) is 184 cm³/mol. The van der Waals surface area contributed by atoms with Crippen LogP contribution in [0.1, 0.15) is 11.8 Å². The van der Waals surface area contributed by atoms with E-state index in [-0.39, 0.29) is 30.8 Å². The van der Waals surface area contributed by atoms with Crippen LogP contribution in [0.2, 0.25) is 0 Å². The molecular weight excluding hydrogens is 698 g/mol. The molecule has 0 unspecified atom stereocenters. The van der Waals surface area contributed by atoms with Crippen LogP contribution in [0.3, 0.4) is 0 Å². The zero-order valence-corrected chi connectivity index (χ0v) is 27.4. The number of carbonyl (C=O) groups excluding carboxylic acids is 1. The Kier molecular flexibility index (Phi) is 9.41. The highest BCUT2D eigenvalue weighted by Gasteiger charge is 2.44. The molecule has 7 rings (SSSR count). The lowest BCUT2D eigenvalue weighted by molar-refractivity contribution is -0.118. The van der Waals surface area contributed by atoms with E-state index in [2.05, 4.69) is 46.5 Å². The SMILES string of the molecule is O=C(COc1ccc(Nc2nc(OCCc3c[nH]c4cc(Br)ccc34)nc3c2ncn3[C@@H]2O[C@H](CO)[C@@H](O)[C@H]2O)cc1)Nc1ccccc1. The van der Waals surface area contributed by atoms with Crippen molar-refractivity contribution in [3.05, 3.63) is 95.4 Å². The number of fused-ring (bicyclic) bond motifs is 2. The van der Waals surface area contributed by atoms with Crippen molar-refractivity contribution in [2.45, 2.75) is 31.0 Å². The molecule has 1 fully saturated rings. The molecule has 1 amide bonds. The number of halogens is 1. The number of amides is 1. The fourth-order valence-corrected chi connectivity index (χ4v) is 5.96. The molecule has 0 bridgehead atoms. The number of nitrogens with one attached hydrogen (secondary N) is 3. The Hall–Kier alpha value is -5.06. The number of H-pyrrole nitrogens is 1. The van der Waals surface area contributed by atoms with Crippen LogP contribution in [-0.4, -0.2) is 83.9 Å². The third kappa shape index (κ3) is 7.06. The molecular formula is C34H32BrN7O7. The summed E-state index contributed by atoms with van der Waals surface area (Å²) in [5.74, 6) is 0.522. The van der Waals surface area contributed by atoms with Gasteiger partial charge in [-0.05, 0) is 54.1 Å². The standard InChI is InChI=1S/C34H32BrN7O7/c35-20-6-11-24-19(15-36-25(24)14-20)12-13-47-34-40-31(28-32(41-34)42(18-37-28)33-30(46)29(45)26(16-43)49-33)39-22-7-9-23(10-8-22)48-17-27(44)38-21-4-2-1-3-5-21/h1-11,14-15,18,26,29-30,33,36,43,45-46H,12-13,16-17H2,(H,38,44)(H,39,40,41)/t26-,29-,30-,33-/m1/s1. The smallest absolute Gasteiger partial charge is 0.320 e. The van der Waals surface area contributed by atoms with Crippen LogP contribution < -0.4 is 20.1 Å². The molecule has 3 aromatic heterocycles. The number of aromatic nitrogens is 5. The van der Waals surface area contributed by atoms with Crippen molar-refractivity contribution < 1.29 is 34.3 Å². The number of benzene rings is 3. The highest BCUT2D eigenvalue weighted by Crippen LogP contribution is 2.34. The van der Waals surface area contributed by atoms with Crippen LogP contribution in [0, 0.1) is 0 Å². The van der Waals surface area contributed by atoms with Gasteiger partial charge in [-0.2, -0.15) is 9.97 Å². The van der Waals surface area contributed by atoms with Crippen LogP contribution in [-0.2, 0) is 16.0 Å². The van der Waals surface area contributed by atoms with E-state index in [1.807, 2.05) is 42.6 Å². The fourth-order valence-electron chi connectivity index (χ4n) is 5.60. The van der Waals surface area contributed by atoms with Crippen LogP contribution in [0.25, 0.3) is 22.1 Å². The van der Waals surface area contributed by atoms with Gasteiger partial charge in [-0.25, -0.2) is 4.98 Å². The summed E-state index contributed by atoms with van der Waals surface area (Å²) in [5.41, 5.74) is 4.02. The number of aliphatic hydroxyl groups is 3. The lowest BCUT2D eigenvalue weighted by Crippen LogP contribution is -2.33. The van der Waals surface area contributed by atoms with Crippen LogP contribution >= 0.6 is 15.9 Å². The third-order valence-corrected chi connectivity index (χ3v) is 8.56. The minimum atomic E-state index is -1.34. The highest BCUT2D eigenvalue weighted by molar-refractivity contribution is 9.10. The van der Waals surface area contributed by atoms with Gasteiger partial charge in [-0.15, -0.1) is 0 Å². The summed E-state index contributed by atoms with van der Waals surface area (Å²) < 4.78 is 19.9. The molecule has 14 nitrogen and oxygen atoms in total. The van der Waals surface area contributed by atoms with Gasteiger partial charge in [0.1, 0.15) is 24.1 Å². The summed E-state index contributed by atoms with van der Waals surface area (Å²) in [7, 11) is 0. The van der Waals surface area contributed by atoms with Crippen molar-refractivity contribution in [3.8, 4) is 11.8 Å². The number of rotatable bonds is 12. The zero-order valence-electron chi connectivity index (χ0n) is 25.9. The molecule has 1 aliphatic rings. The number of aliphatic hydroxyl groups excluding tert-OH is 3. The molecule has 1 aliphatic heterocycles. The average molecular weight is 731 g/mol. The number of aromatic amines is 1. The largest absolute Gasteiger partial charge is 0.484 e. The van der Waals surface area contributed by atoms with E-state index in [1.54, 1.807) is 36.4 Å². The van der Waals surface area contributed by atoms with E-state index in [0.29, 0.717) is 34.9 Å². The topological polar surface area (TPSA) is 189 Å². The molecule has 6 N–H and O–H groups in total. The monoisotopic (exact) mass is 729 g/mol. The van der Waals surface area contributed by atoms with E-state index < -0.39 is 31.1 Å². The predicted octanol–water partition coefficient (Wildman–Crippen LogP) is 4.06. The van der Waals surface area contributed by atoms with E-state index in [0.717, 1.165) is 20.9 Å². The Morgan fingerprint density at radius 2 is 1.82 bits per heavy atom. The Labute approximate surface area is 287 Å². The Morgan fingerprint density at radius 3 is 2.59 bits per heavy atom. The summed E-state index contributed by atoms with van der Waals surface area (Å²) in [6.07, 6.45) is -0.736. The first-order chi connectivity index (χ1) is 23.9. The molecule has 15 heteroatoms. The molecule has 3 aromatic carbocycles. The average Bonchev–Trinajstić information content (AvgIpc) is 3.80. The second-order valence-corrected chi connectivity index (χ2v) is 12.3. The number of imidazole rings is 1. The maximum Gasteiger partial charge on any atom is 0.320 e. The quantitative estimate of drug-likeness (QED) is 0.107. The second-order valence-electron chi connectivity index (χ2n) is 11.4. The minimum absolute atomic E-state index is 0.0514. The molecule has 0 saturated carbocycles. The van der Waals surface area contributed by atoms with Crippen LogP contribution in [0.15, 0.2) is 89.8 Å². The third-order valence-electron chi connectivity index (χ3n) is 8.07. The molecule has 0 aliphatic carbocycles. The number of anilines is 3. The first-order valence-electron chi connectivity index (χ1n) is 15.5. The van der Waals surface area contributed by atoms with E-state index >= 15 is 0 Å². The van der Waals surface area contributed by atoms with Gasteiger partial charge >= 0.3 is 6.01 Å². The van der Waals surface area contributed by atoms with E-state index in [4.69, 9.17) is 14.2 Å². The Morgan fingerprint density at radius 1 is 1.00 bits per heavy atom. The molecule has 49 heavy (non-hydrogen) atoms. The van der Waals surface area contributed by atoms with Crippen LogP contribution in [0.4, 0.5) is 17.2 Å². The number of hydrogen-bond acceptors (Lipinski definition) is 11. The summed E-state index contributed by atoms with van der Waals surface area (Å²) in [5, 5.41) is 37.8. The molecule has 4 atom stereocenters. The van der Waals surface area contributed by atoms with Crippen molar-refractivity contribution in [3.63, 3.8) is 0 Å². The summed E-state index contributed by atoms with van der Waals surface area (Å²) in [6.45, 7) is -0.372. The molecule has 252 valence electrons. The van der Waals surface area contributed by atoms with Gasteiger partial charge in [0.25, 0.3) is 5.91 Å². The van der Waals surface area contributed by atoms with Crippen molar-refractivity contribution >= 4 is 61.1 Å². The number of para-hydroxylation sites is 1. The zero-order chi connectivity index (χ0) is 33.9. The Bertz CT molecular complexity index is 2070. The normalized spacial score (nSPS) is 18.9. The van der Waals surface area contributed by atoms with E-state index in [1.165, 1.54) is 10.9 Å². The van der Waals surface area contributed by atoms with Crippen molar-refractivity contribution in [1.82, 2.24) is 24.5 Å². The Balaban J connectivity index is 1.10. The lowest BCUT2D eigenvalue weighted by atomic mass is 10.1. The maximum absolute atomic E-state index is 12.3. The maximum atomic E-state index is 12.3. The molecule has 0 spiro atoms. The summed E-state index contributed by atoms with van der Waals surface area (Å²) in [4.78, 5) is 29.2. The minimum Gasteiger partial charge on any atom is -0.484 e. The van der Waals surface area contributed by atoms with Gasteiger partial charge in [0.15, 0.2) is 29.8 Å².